The quantitative estimate of drug-likeness (QED) is 0.849. The number of anilines is 1. The molecule has 0 unspecified atom stereocenters. The molecule has 108 valence electrons. The van der Waals surface area contributed by atoms with Crippen LogP contribution in [-0.2, 0) is 0 Å². The lowest BCUT2D eigenvalue weighted by molar-refractivity contribution is 0.0696. The van der Waals surface area contributed by atoms with Crippen LogP contribution in [0.1, 0.15) is 20.7 Å². The summed E-state index contributed by atoms with van der Waals surface area (Å²) in [5, 5.41) is 11.5. The van der Waals surface area contributed by atoms with Crippen LogP contribution < -0.4 is 5.32 Å². The number of carbonyl (C=O) groups excluding carboxylic acids is 1. The number of rotatable bonds is 3. The van der Waals surface area contributed by atoms with E-state index >= 15 is 0 Å². The number of carboxylic acid groups (broad SMARTS) is 1. The Hall–Kier alpha value is -1.92. The summed E-state index contributed by atoms with van der Waals surface area (Å²) in [7, 11) is 0. The number of aromatic carboxylic acids is 1. The third kappa shape index (κ3) is 3.59. The van der Waals surface area contributed by atoms with Gasteiger partial charge in [0.15, 0.2) is 0 Å². The number of nitrogens with one attached hydrogen (secondary N) is 1. The van der Waals surface area contributed by atoms with Crippen molar-refractivity contribution in [1.29, 1.82) is 0 Å². The van der Waals surface area contributed by atoms with Gasteiger partial charge in [-0.1, -0.05) is 11.6 Å². The predicted octanol–water partition coefficient (Wildman–Crippen LogP) is 4.19. The van der Waals surface area contributed by atoms with E-state index < -0.39 is 17.7 Å². The van der Waals surface area contributed by atoms with Gasteiger partial charge in [0.1, 0.15) is 5.82 Å². The summed E-state index contributed by atoms with van der Waals surface area (Å²) in [6.45, 7) is 0. The second-order valence-corrected chi connectivity index (χ2v) is 5.34. The van der Waals surface area contributed by atoms with Crippen molar-refractivity contribution in [2.24, 2.45) is 0 Å². The molecule has 2 rings (SSSR count). The maximum absolute atomic E-state index is 13.1. The standard InChI is InChI=1S/C14H8BrClFNO3/c15-9-5-7(1-3-11(9)17)13(19)18-12-4-2-8(14(20)21)6-10(12)16/h1-6H,(H,18,19)(H,20,21). The molecule has 0 aliphatic heterocycles. The van der Waals surface area contributed by atoms with E-state index in [1.807, 2.05) is 0 Å². The van der Waals surface area contributed by atoms with E-state index in [1.54, 1.807) is 0 Å². The average Bonchev–Trinajstić information content (AvgIpc) is 2.43. The second-order valence-electron chi connectivity index (χ2n) is 4.08. The molecule has 0 saturated heterocycles. The van der Waals surface area contributed by atoms with Crippen molar-refractivity contribution >= 4 is 45.1 Å². The van der Waals surface area contributed by atoms with Gasteiger partial charge < -0.3 is 10.4 Å². The highest BCUT2D eigenvalue weighted by Crippen LogP contribution is 2.24. The molecule has 0 aliphatic rings. The Balaban J connectivity index is 2.23. The van der Waals surface area contributed by atoms with E-state index in [0.717, 1.165) is 6.07 Å². The van der Waals surface area contributed by atoms with Crippen LogP contribution in [0.25, 0.3) is 0 Å². The first-order valence-electron chi connectivity index (χ1n) is 5.67. The molecule has 0 saturated carbocycles. The van der Waals surface area contributed by atoms with Gasteiger partial charge in [-0.25, -0.2) is 9.18 Å². The number of amides is 1. The monoisotopic (exact) mass is 371 g/mol. The van der Waals surface area contributed by atoms with Crippen molar-refractivity contribution in [3.63, 3.8) is 0 Å². The fourth-order valence-electron chi connectivity index (χ4n) is 1.58. The van der Waals surface area contributed by atoms with Crippen LogP contribution in [0.2, 0.25) is 5.02 Å². The fraction of sp³-hybridized carbons (Fsp3) is 0. The lowest BCUT2D eigenvalue weighted by Crippen LogP contribution is -2.12. The Bertz CT molecular complexity index is 736. The molecule has 0 atom stereocenters. The molecule has 0 spiro atoms. The summed E-state index contributed by atoms with van der Waals surface area (Å²) in [4.78, 5) is 22.8. The van der Waals surface area contributed by atoms with Crippen LogP contribution in [0.3, 0.4) is 0 Å². The number of hydrogen-bond donors (Lipinski definition) is 2. The van der Waals surface area contributed by atoms with Gasteiger partial charge in [-0.05, 0) is 52.3 Å². The number of halogens is 3. The first-order chi connectivity index (χ1) is 9.88. The Morgan fingerprint density at radius 1 is 1.14 bits per heavy atom. The highest BCUT2D eigenvalue weighted by molar-refractivity contribution is 9.10. The highest BCUT2D eigenvalue weighted by atomic mass is 79.9. The molecule has 0 fully saturated rings. The normalized spacial score (nSPS) is 10.2. The van der Waals surface area contributed by atoms with E-state index in [1.165, 1.54) is 30.3 Å². The molecular weight excluding hydrogens is 365 g/mol. The molecule has 0 aromatic heterocycles. The van der Waals surface area contributed by atoms with E-state index in [-0.39, 0.29) is 26.3 Å². The van der Waals surface area contributed by atoms with Gasteiger partial charge in [0.2, 0.25) is 0 Å². The summed E-state index contributed by atoms with van der Waals surface area (Å²) >= 11 is 8.91. The topological polar surface area (TPSA) is 66.4 Å². The summed E-state index contributed by atoms with van der Waals surface area (Å²) in [5.41, 5.74) is 0.524. The zero-order valence-corrected chi connectivity index (χ0v) is 12.7. The molecule has 0 bridgehead atoms. The first kappa shape index (κ1) is 15.5. The SMILES string of the molecule is O=C(O)c1ccc(NC(=O)c2ccc(F)c(Br)c2)c(Cl)c1. The minimum Gasteiger partial charge on any atom is -0.478 e. The minimum absolute atomic E-state index is 0.0162. The Morgan fingerprint density at radius 2 is 1.81 bits per heavy atom. The maximum atomic E-state index is 13.1. The molecule has 2 N–H and O–H groups in total. The molecule has 0 aliphatic carbocycles. The number of carboxylic acids is 1. The Labute approximate surface area is 132 Å². The third-order valence-corrected chi connectivity index (χ3v) is 3.57. The van der Waals surface area contributed by atoms with Crippen LogP contribution in [0, 0.1) is 5.82 Å². The molecular formula is C14H8BrClFNO3. The van der Waals surface area contributed by atoms with E-state index in [4.69, 9.17) is 16.7 Å². The second kappa shape index (κ2) is 6.24. The van der Waals surface area contributed by atoms with Crippen LogP contribution in [0.15, 0.2) is 40.9 Å². The van der Waals surface area contributed by atoms with E-state index in [0.29, 0.717) is 0 Å². The molecule has 0 heterocycles. The van der Waals surface area contributed by atoms with Gasteiger partial charge in [-0.15, -0.1) is 0 Å². The molecule has 21 heavy (non-hydrogen) atoms. The zero-order chi connectivity index (χ0) is 15.6. The minimum atomic E-state index is -1.11. The van der Waals surface area contributed by atoms with Gasteiger partial charge in [0, 0.05) is 5.56 Å². The van der Waals surface area contributed by atoms with Crippen LogP contribution in [-0.4, -0.2) is 17.0 Å². The van der Waals surface area contributed by atoms with Gasteiger partial charge in [-0.3, -0.25) is 4.79 Å². The molecule has 2 aromatic carbocycles. The first-order valence-corrected chi connectivity index (χ1v) is 6.85. The number of benzene rings is 2. The van der Waals surface area contributed by atoms with Crippen LogP contribution in [0.4, 0.5) is 10.1 Å². The van der Waals surface area contributed by atoms with Crippen molar-refractivity contribution in [2.75, 3.05) is 5.32 Å². The van der Waals surface area contributed by atoms with Crippen molar-refractivity contribution in [3.05, 3.63) is 62.8 Å². The zero-order valence-electron chi connectivity index (χ0n) is 10.4. The van der Waals surface area contributed by atoms with Gasteiger partial charge in [0.05, 0.1) is 20.7 Å². The van der Waals surface area contributed by atoms with E-state index in [2.05, 4.69) is 21.2 Å². The number of hydrogen-bond acceptors (Lipinski definition) is 2. The Kier molecular flexibility index (Phi) is 4.59. The van der Waals surface area contributed by atoms with E-state index in [9.17, 15) is 14.0 Å². The average molecular weight is 373 g/mol. The van der Waals surface area contributed by atoms with Crippen molar-refractivity contribution in [2.45, 2.75) is 0 Å². The van der Waals surface area contributed by atoms with Crippen molar-refractivity contribution in [1.82, 2.24) is 0 Å². The molecule has 7 heteroatoms. The molecule has 1 amide bonds. The van der Waals surface area contributed by atoms with Crippen molar-refractivity contribution < 1.29 is 19.1 Å². The summed E-state index contributed by atoms with van der Waals surface area (Å²) in [5.74, 6) is -2.08. The highest BCUT2D eigenvalue weighted by Gasteiger charge is 2.12. The largest absolute Gasteiger partial charge is 0.478 e. The maximum Gasteiger partial charge on any atom is 0.335 e. The lowest BCUT2D eigenvalue weighted by Gasteiger charge is -2.08. The lowest BCUT2D eigenvalue weighted by atomic mass is 10.2. The summed E-state index contributed by atoms with van der Waals surface area (Å²) in [6, 6.07) is 7.78. The predicted molar refractivity (Wildman–Crippen MR) is 80.5 cm³/mol. The number of carbonyl (C=O) groups is 2. The molecule has 2 aromatic rings. The van der Waals surface area contributed by atoms with Crippen LogP contribution in [0.5, 0.6) is 0 Å². The van der Waals surface area contributed by atoms with Gasteiger partial charge in [-0.2, -0.15) is 0 Å². The van der Waals surface area contributed by atoms with Gasteiger partial charge >= 0.3 is 5.97 Å². The smallest absolute Gasteiger partial charge is 0.335 e. The molecule has 4 nitrogen and oxygen atoms in total. The van der Waals surface area contributed by atoms with Gasteiger partial charge in [0.25, 0.3) is 5.91 Å². The summed E-state index contributed by atoms with van der Waals surface area (Å²) in [6.07, 6.45) is 0. The van der Waals surface area contributed by atoms with Crippen molar-refractivity contribution in [3.8, 4) is 0 Å². The fourth-order valence-corrected chi connectivity index (χ4v) is 2.19. The third-order valence-electron chi connectivity index (χ3n) is 2.65. The Morgan fingerprint density at radius 3 is 2.38 bits per heavy atom. The van der Waals surface area contributed by atoms with Crippen LogP contribution >= 0.6 is 27.5 Å². The summed E-state index contributed by atoms with van der Waals surface area (Å²) < 4.78 is 13.3. The molecule has 0 radical (unpaired) electrons.